The van der Waals surface area contributed by atoms with Crippen molar-refractivity contribution in [2.24, 2.45) is 10.9 Å². The summed E-state index contributed by atoms with van der Waals surface area (Å²) < 4.78 is 0. The van der Waals surface area contributed by atoms with Crippen molar-refractivity contribution >= 4 is 35.8 Å². The predicted molar refractivity (Wildman–Crippen MR) is 100 cm³/mol. The molecule has 124 valence electrons. The molecule has 6 heteroatoms. The van der Waals surface area contributed by atoms with Crippen LogP contribution in [0, 0.1) is 18.3 Å². The van der Waals surface area contributed by atoms with Crippen LogP contribution in [0.4, 0.5) is 0 Å². The van der Waals surface area contributed by atoms with Crippen molar-refractivity contribution < 1.29 is 4.79 Å². The Kier molecular flexibility index (Phi) is 8.61. The van der Waals surface area contributed by atoms with Crippen LogP contribution in [0.2, 0.25) is 0 Å². The van der Waals surface area contributed by atoms with Crippen LogP contribution < -0.4 is 10.6 Å². The fourth-order valence-corrected chi connectivity index (χ4v) is 3.21. The lowest BCUT2D eigenvalue weighted by Gasteiger charge is -2.26. The summed E-state index contributed by atoms with van der Waals surface area (Å²) >= 11 is 0. The van der Waals surface area contributed by atoms with Gasteiger partial charge in [0, 0.05) is 32.1 Å². The summed E-state index contributed by atoms with van der Waals surface area (Å²) in [5.41, 5.74) is 0. The van der Waals surface area contributed by atoms with Crippen molar-refractivity contribution in [3.63, 3.8) is 0 Å². The van der Waals surface area contributed by atoms with Crippen LogP contribution in [0.1, 0.15) is 38.5 Å². The number of aliphatic imine (C=N–C) groups is 1. The summed E-state index contributed by atoms with van der Waals surface area (Å²) in [6.45, 7) is 2.07. The number of halogens is 1. The molecule has 1 unspecified atom stereocenters. The minimum atomic E-state index is 0. The van der Waals surface area contributed by atoms with Gasteiger partial charge in [0.2, 0.25) is 5.91 Å². The predicted octanol–water partition coefficient (Wildman–Crippen LogP) is 1.58. The lowest BCUT2D eigenvalue weighted by molar-refractivity contribution is -0.135. The zero-order valence-corrected chi connectivity index (χ0v) is 15.6. The monoisotopic (exact) mass is 418 g/mol. The SMILES string of the molecule is C#CCNC(=NC)NC1CCN(C(=O)C2CCCCC2)C1.I. The van der Waals surface area contributed by atoms with Crippen molar-refractivity contribution in [3.8, 4) is 12.3 Å². The van der Waals surface area contributed by atoms with Gasteiger partial charge in [-0.3, -0.25) is 9.79 Å². The van der Waals surface area contributed by atoms with Gasteiger partial charge in [0.1, 0.15) is 0 Å². The van der Waals surface area contributed by atoms with Crippen molar-refractivity contribution in [3.05, 3.63) is 0 Å². The first-order chi connectivity index (χ1) is 10.2. The minimum Gasteiger partial charge on any atom is -0.352 e. The van der Waals surface area contributed by atoms with E-state index in [0.717, 1.165) is 32.4 Å². The number of hydrogen-bond donors (Lipinski definition) is 2. The molecule has 5 nitrogen and oxygen atoms in total. The van der Waals surface area contributed by atoms with Crippen LogP contribution in [0.3, 0.4) is 0 Å². The number of carbonyl (C=O) groups is 1. The van der Waals surface area contributed by atoms with Gasteiger partial charge in [-0.05, 0) is 19.3 Å². The molecule has 0 spiro atoms. The van der Waals surface area contributed by atoms with Gasteiger partial charge >= 0.3 is 0 Å². The maximum Gasteiger partial charge on any atom is 0.225 e. The van der Waals surface area contributed by atoms with Crippen LogP contribution in [0.25, 0.3) is 0 Å². The molecule has 2 aliphatic rings. The molecule has 1 atom stereocenters. The number of likely N-dealkylation sites (tertiary alicyclic amines) is 1. The highest BCUT2D eigenvalue weighted by molar-refractivity contribution is 14.0. The molecular weight excluding hydrogens is 391 g/mol. The number of carbonyl (C=O) groups excluding carboxylic acids is 1. The third-order valence-corrected chi connectivity index (χ3v) is 4.38. The second-order valence-corrected chi connectivity index (χ2v) is 5.88. The summed E-state index contributed by atoms with van der Waals surface area (Å²) in [7, 11) is 1.73. The zero-order valence-electron chi connectivity index (χ0n) is 13.3. The normalized spacial score (nSPS) is 22.6. The van der Waals surface area contributed by atoms with E-state index < -0.39 is 0 Å². The van der Waals surface area contributed by atoms with Crippen LogP contribution >= 0.6 is 24.0 Å². The first kappa shape index (κ1) is 19.1. The van der Waals surface area contributed by atoms with E-state index >= 15 is 0 Å². The van der Waals surface area contributed by atoms with Gasteiger partial charge in [-0.1, -0.05) is 25.2 Å². The average Bonchev–Trinajstić information content (AvgIpc) is 3.00. The number of amides is 1. The maximum atomic E-state index is 12.5. The zero-order chi connectivity index (χ0) is 15.1. The molecule has 1 heterocycles. The van der Waals surface area contributed by atoms with Gasteiger partial charge < -0.3 is 15.5 Å². The van der Waals surface area contributed by atoms with E-state index in [1.54, 1.807) is 7.05 Å². The first-order valence-electron chi connectivity index (χ1n) is 7.94. The second-order valence-electron chi connectivity index (χ2n) is 5.88. The van der Waals surface area contributed by atoms with Gasteiger partial charge in [-0.25, -0.2) is 0 Å². The number of rotatable bonds is 3. The van der Waals surface area contributed by atoms with E-state index in [4.69, 9.17) is 6.42 Å². The quantitative estimate of drug-likeness (QED) is 0.317. The Morgan fingerprint density at radius 2 is 2.05 bits per heavy atom. The summed E-state index contributed by atoms with van der Waals surface area (Å²) in [5.74, 6) is 3.86. The van der Waals surface area contributed by atoms with Crippen LogP contribution in [0.5, 0.6) is 0 Å². The van der Waals surface area contributed by atoms with Gasteiger partial charge in [0.15, 0.2) is 5.96 Å². The Bertz CT molecular complexity index is 426. The third kappa shape index (κ3) is 5.34. The van der Waals surface area contributed by atoms with Gasteiger partial charge in [0.25, 0.3) is 0 Å². The highest BCUT2D eigenvalue weighted by atomic mass is 127. The number of nitrogens with zero attached hydrogens (tertiary/aromatic N) is 2. The molecule has 1 aliphatic carbocycles. The Balaban J connectivity index is 0.00000242. The molecule has 1 amide bonds. The number of terminal acetylenes is 1. The fraction of sp³-hybridized carbons (Fsp3) is 0.750. The summed E-state index contributed by atoms with van der Waals surface area (Å²) in [6.07, 6.45) is 12.0. The Hall–Kier alpha value is -0.970. The van der Waals surface area contributed by atoms with E-state index in [2.05, 4.69) is 21.5 Å². The van der Waals surface area contributed by atoms with E-state index in [-0.39, 0.29) is 35.9 Å². The highest BCUT2D eigenvalue weighted by Crippen LogP contribution is 2.26. The van der Waals surface area contributed by atoms with Crippen molar-refractivity contribution in [1.29, 1.82) is 0 Å². The largest absolute Gasteiger partial charge is 0.352 e. The first-order valence-corrected chi connectivity index (χ1v) is 7.94. The topological polar surface area (TPSA) is 56.7 Å². The third-order valence-electron chi connectivity index (χ3n) is 4.38. The molecule has 0 bridgehead atoms. The fourth-order valence-electron chi connectivity index (χ4n) is 3.21. The maximum absolute atomic E-state index is 12.5. The van der Waals surface area contributed by atoms with Crippen molar-refractivity contribution in [2.75, 3.05) is 26.7 Å². The van der Waals surface area contributed by atoms with Crippen LogP contribution in [-0.2, 0) is 4.79 Å². The van der Waals surface area contributed by atoms with Crippen molar-refractivity contribution in [1.82, 2.24) is 15.5 Å². The number of hydrogen-bond acceptors (Lipinski definition) is 2. The van der Waals surface area contributed by atoms with Crippen molar-refractivity contribution in [2.45, 2.75) is 44.6 Å². The molecule has 1 aliphatic heterocycles. The van der Waals surface area contributed by atoms with E-state index in [1.165, 1.54) is 19.3 Å². The van der Waals surface area contributed by atoms with Gasteiger partial charge in [0.05, 0.1) is 6.54 Å². The Labute approximate surface area is 150 Å². The molecule has 2 rings (SSSR count). The van der Waals surface area contributed by atoms with E-state index in [9.17, 15) is 4.79 Å². The van der Waals surface area contributed by atoms with Crippen LogP contribution in [0.15, 0.2) is 4.99 Å². The summed E-state index contributed by atoms with van der Waals surface area (Å²) in [6, 6.07) is 0.265. The molecule has 1 saturated carbocycles. The highest BCUT2D eigenvalue weighted by Gasteiger charge is 2.31. The smallest absolute Gasteiger partial charge is 0.225 e. The number of guanidine groups is 1. The molecule has 0 aromatic heterocycles. The lowest BCUT2D eigenvalue weighted by atomic mass is 9.88. The molecule has 2 N–H and O–H groups in total. The molecule has 0 aromatic rings. The second kappa shape index (κ2) is 9.93. The minimum absolute atomic E-state index is 0. The standard InChI is InChI=1S/C16H26N4O.HI/c1-3-10-18-16(17-2)19-14-9-11-20(12-14)15(21)13-7-5-4-6-8-13;/h1,13-14H,4-12H2,2H3,(H2,17,18,19);1H. The molecule has 0 radical (unpaired) electrons. The molecule has 22 heavy (non-hydrogen) atoms. The van der Waals surface area contributed by atoms with E-state index in [0.29, 0.717) is 18.4 Å². The Morgan fingerprint density at radius 3 is 2.68 bits per heavy atom. The average molecular weight is 418 g/mol. The lowest BCUT2D eigenvalue weighted by Crippen LogP contribution is -2.45. The number of nitrogens with one attached hydrogen (secondary N) is 2. The molecular formula is C16H27IN4O. The van der Waals surface area contributed by atoms with E-state index in [1.807, 2.05) is 4.90 Å². The Morgan fingerprint density at radius 1 is 1.32 bits per heavy atom. The molecule has 2 fully saturated rings. The molecule has 1 saturated heterocycles. The van der Waals surface area contributed by atoms with Gasteiger partial charge in [-0.2, -0.15) is 0 Å². The van der Waals surface area contributed by atoms with Crippen LogP contribution in [-0.4, -0.2) is 49.5 Å². The van der Waals surface area contributed by atoms with Gasteiger partial charge in [-0.15, -0.1) is 30.4 Å². The summed E-state index contributed by atoms with van der Waals surface area (Å²) in [4.78, 5) is 18.7. The molecule has 0 aromatic carbocycles. The summed E-state index contributed by atoms with van der Waals surface area (Å²) in [5, 5.41) is 6.39.